The maximum Gasteiger partial charge on any atom is 0.253 e. The third-order valence-corrected chi connectivity index (χ3v) is 5.95. The number of nitrogens with one attached hydrogen (secondary N) is 1. The highest BCUT2D eigenvalue weighted by atomic mass is 16.5. The summed E-state index contributed by atoms with van der Waals surface area (Å²) in [5.74, 6) is 1.15. The van der Waals surface area contributed by atoms with Crippen molar-refractivity contribution < 1.29 is 15.8 Å². The van der Waals surface area contributed by atoms with Gasteiger partial charge < -0.3 is 15.0 Å². The third-order valence-electron chi connectivity index (χ3n) is 5.95. The first-order valence-electron chi connectivity index (χ1n) is 10.6. The fourth-order valence-electron chi connectivity index (χ4n) is 3.87. The van der Waals surface area contributed by atoms with Gasteiger partial charge in [-0.05, 0) is 61.2 Å². The Morgan fingerprint density at radius 3 is 2.41 bits per heavy atom. The fourth-order valence-corrected chi connectivity index (χ4v) is 3.87. The van der Waals surface area contributed by atoms with Gasteiger partial charge in [0, 0.05) is 26.6 Å². The van der Waals surface area contributed by atoms with Crippen LogP contribution < -0.4 is 10.1 Å². The van der Waals surface area contributed by atoms with Gasteiger partial charge in [0.1, 0.15) is 11.6 Å². The molecule has 1 N–H and O–H groups in total. The lowest BCUT2D eigenvalue weighted by atomic mass is 9.95. The average Bonchev–Trinajstić information content (AvgIpc) is 3.62. The molecular formula is C26H29N3O3. The number of pyridine rings is 1. The van der Waals surface area contributed by atoms with Gasteiger partial charge in [0.05, 0.1) is 18.2 Å². The molecule has 0 atom stereocenters. The fraction of sp³-hybridized carbons (Fsp3) is 0.269. The molecule has 0 unspecified atom stereocenters. The number of benzene rings is 2. The number of aromatic nitrogens is 1. The van der Waals surface area contributed by atoms with E-state index in [0.29, 0.717) is 11.4 Å². The van der Waals surface area contributed by atoms with Crippen LogP contribution in [0.25, 0.3) is 11.3 Å². The van der Waals surface area contributed by atoms with Gasteiger partial charge in [-0.2, -0.15) is 0 Å². The summed E-state index contributed by atoms with van der Waals surface area (Å²) in [7, 11) is 5.08. The van der Waals surface area contributed by atoms with E-state index < -0.39 is 5.41 Å². The number of aryl methyl sites for hydroxylation is 1. The largest absolute Gasteiger partial charge is 0.497 e. The number of hydrogen-bond donors (Lipinski definition) is 1. The molecule has 3 aromatic rings. The van der Waals surface area contributed by atoms with Crippen LogP contribution in [0, 0.1) is 6.92 Å². The first-order chi connectivity index (χ1) is 15.3. The van der Waals surface area contributed by atoms with Crippen LogP contribution in [0.4, 0.5) is 5.82 Å². The van der Waals surface area contributed by atoms with E-state index in [2.05, 4.69) is 5.32 Å². The second-order valence-electron chi connectivity index (χ2n) is 8.41. The quantitative estimate of drug-likeness (QED) is 0.615. The van der Waals surface area contributed by atoms with Crippen molar-refractivity contribution in [1.82, 2.24) is 9.88 Å². The van der Waals surface area contributed by atoms with E-state index >= 15 is 0 Å². The molecule has 32 heavy (non-hydrogen) atoms. The lowest BCUT2D eigenvalue weighted by Crippen LogP contribution is -2.28. The van der Waals surface area contributed by atoms with E-state index in [1.165, 1.54) is 0 Å². The molecule has 1 heterocycles. The van der Waals surface area contributed by atoms with E-state index in [-0.39, 0.29) is 13.2 Å². The maximum atomic E-state index is 13.2. The van der Waals surface area contributed by atoms with Crippen LogP contribution >= 0.6 is 0 Å². The van der Waals surface area contributed by atoms with E-state index in [4.69, 9.17) is 9.72 Å². The Hall–Kier alpha value is -3.67. The molecule has 1 saturated carbocycles. The van der Waals surface area contributed by atoms with Crippen molar-refractivity contribution in [3.05, 3.63) is 77.4 Å². The number of amides is 2. The minimum absolute atomic E-state index is 0. The van der Waals surface area contributed by atoms with Crippen molar-refractivity contribution in [3.8, 4) is 17.0 Å². The molecule has 1 fully saturated rings. The molecule has 166 valence electrons. The molecule has 0 bridgehead atoms. The van der Waals surface area contributed by atoms with Gasteiger partial charge in [-0.15, -0.1) is 0 Å². The van der Waals surface area contributed by atoms with Crippen molar-refractivity contribution in [1.29, 1.82) is 0 Å². The highest BCUT2D eigenvalue weighted by Gasteiger charge is 2.51. The van der Waals surface area contributed by atoms with E-state index in [1.807, 2.05) is 61.5 Å². The van der Waals surface area contributed by atoms with Crippen molar-refractivity contribution in [2.24, 2.45) is 0 Å². The molecule has 0 saturated heterocycles. The highest BCUT2D eigenvalue weighted by molar-refractivity contribution is 6.01. The number of anilines is 1. The second kappa shape index (κ2) is 8.46. The molecule has 1 aromatic heterocycles. The van der Waals surface area contributed by atoms with Gasteiger partial charge in [-0.1, -0.05) is 30.3 Å². The number of ether oxygens (including phenoxy) is 1. The zero-order chi connectivity index (χ0) is 22.9. The average molecular weight is 432 g/mol. The van der Waals surface area contributed by atoms with Crippen LogP contribution in [0.1, 0.15) is 35.8 Å². The van der Waals surface area contributed by atoms with Gasteiger partial charge in [-0.3, -0.25) is 9.59 Å². The Morgan fingerprint density at radius 2 is 1.78 bits per heavy atom. The molecule has 6 nitrogen and oxygen atoms in total. The zero-order valence-electron chi connectivity index (χ0n) is 18.8. The topological polar surface area (TPSA) is 71.5 Å². The van der Waals surface area contributed by atoms with Gasteiger partial charge in [0.2, 0.25) is 5.91 Å². The number of rotatable bonds is 6. The molecular weight excluding hydrogens is 402 g/mol. The van der Waals surface area contributed by atoms with Crippen molar-refractivity contribution >= 4 is 17.6 Å². The molecule has 0 spiro atoms. The Balaban J connectivity index is 0.00000306. The summed E-state index contributed by atoms with van der Waals surface area (Å²) in [4.78, 5) is 31.8. The Bertz CT molecular complexity index is 1170. The number of methoxy groups -OCH3 is 1. The maximum absolute atomic E-state index is 13.2. The van der Waals surface area contributed by atoms with E-state index in [9.17, 15) is 9.59 Å². The summed E-state index contributed by atoms with van der Waals surface area (Å²) in [6.45, 7) is 1.97. The summed E-state index contributed by atoms with van der Waals surface area (Å²) in [5.41, 5.74) is 3.61. The lowest BCUT2D eigenvalue weighted by molar-refractivity contribution is -0.118. The number of carbonyl (C=O) groups is 2. The highest BCUT2D eigenvalue weighted by Crippen LogP contribution is 2.49. The number of hydrogen-bond acceptors (Lipinski definition) is 4. The Kier molecular flexibility index (Phi) is 5.70. The van der Waals surface area contributed by atoms with Gasteiger partial charge in [0.15, 0.2) is 0 Å². The normalized spacial score (nSPS) is 13.9. The summed E-state index contributed by atoms with van der Waals surface area (Å²) in [6, 6.07) is 18.8. The van der Waals surface area contributed by atoms with Crippen LogP contribution in [-0.4, -0.2) is 42.9 Å². The molecule has 1 aliphatic rings. The molecule has 6 heteroatoms. The first-order valence-corrected chi connectivity index (χ1v) is 10.6. The summed E-state index contributed by atoms with van der Waals surface area (Å²) >= 11 is 0. The van der Waals surface area contributed by atoms with Crippen molar-refractivity contribution in [2.75, 3.05) is 26.5 Å². The first kappa shape index (κ1) is 21.6. The Labute approximate surface area is 189 Å². The van der Waals surface area contributed by atoms with E-state index in [1.54, 1.807) is 32.2 Å². The molecule has 0 aliphatic heterocycles. The monoisotopic (exact) mass is 431 g/mol. The number of nitrogens with zero attached hydrogens (tertiary/aromatic N) is 2. The molecule has 0 radical (unpaired) electrons. The lowest BCUT2D eigenvalue weighted by Gasteiger charge is -2.17. The predicted octanol–water partition coefficient (Wildman–Crippen LogP) is 4.68. The minimum Gasteiger partial charge on any atom is -0.497 e. The summed E-state index contributed by atoms with van der Waals surface area (Å²) < 4.78 is 5.23. The molecule has 1 aliphatic carbocycles. The van der Waals surface area contributed by atoms with Crippen molar-refractivity contribution in [3.63, 3.8) is 0 Å². The van der Waals surface area contributed by atoms with Gasteiger partial charge in [0.25, 0.3) is 5.91 Å². The standard InChI is InChI=1S/C26H27N3O3.H2/c1-17-8-13-22(27-23(17)18-6-5-7-19(16-18)24(30)29(2)3)28-25(31)26(14-15-26)20-9-11-21(32-4)12-10-20;/h5-13,16H,14-15H2,1-4H3,(H,27,28,31);1H. The second-order valence-corrected chi connectivity index (χ2v) is 8.41. The van der Waals surface area contributed by atoms with Crippen LogP contribution in [0.5, 0.6) is 5.75 Å². The van der Waals surface area contributed by atoms with Crippen LogP contribution in [0.2, 0.25) is 0 Å². The van der Waals surface area contributed by atoms with Gasteiger partial charge >= 0.3 is 0 Å². The summed E-state index contributed by atoms with van der Waals surface area (Å²) in [5, 5.41) is 3.01. The van der Waals surface area contributed by atoms with Crippen LogP contribution in [-0.2, 0) is 10.2 Å². The zero-order valence-corrected chi connectivity index (χ0v) is 18.8. The van der Waals surface area contributed by atoms with Gasteiger partial charge in [-0.25, -0.2) is 4.98 Å². The molecule has 2 aromatic carbocycles. The van der Waals surface area contributed by atoms with Crippen LogP contribution in [0.15, 0.2) is 60.7 Å². The SMILES string of the molecule is COc1ccc(C2(C(=O)Nc3ccc(C)c(-c4cccc(C(=O)N(C)C)c4)n3)CC2)cc1.[HH]. The van der Waals surface area contributed by atoms with Crippen molar-refractivity contribution in [2.45, 2.75) is 25.2 Å². The Morgan fingerprint density at radius 1 is 1.06 bits per heavy atom. The predicted molar refractivity (Wildman–Crippen MR) is 127 cm³/mol. The van der Waals surface area contributed by atoms with Crippen LogP contribution in [0.3, 0.4) is 0 Å². The minimum atomic E-state index is -0.517. The van der Waals surface area contributed by atoms with E-state index in [0.717, 1.165) is 41.0 Å². The molecule has 4 rings (SSSR count). The smallest absolute Gasteiger partial charge is 0.253 e. The number of carbonyl (C=O) groups excluding carboxylic acids is 2. The summed E-state index contributed by atoms with van der Waals surface area (Å²) in [6.07, 6.45) is 1.61. The molecule has 2 amide bonds. The third kappa shape index (κ3) is 4.08.